The minimum Gasteiger partial charge on any atom is -0.486 e. The second-order valence-corrected chi connectivity index (χ2v) is 4.60. The van der Waals surface area contributed by atoms with Crippen molar-refractivity contribution in [2.45, 2.75) is 12.5 Å². The first-order chi connectivity index (χ1) is 9.10. The Morgan fingerprint density at radius 1 is 1.05 bits per heavy atom. The van der Waals surface area contributed by atoms with Crippen LogP contribution in [0, 0.1) is 11.6 Å². The van der Waals surface area contributed by atoms with Gasteiger partial charge in [0, 0.05) is 11.4 Å². The topological polar surface area (TPSA) is 9.23 Å². The van der Waals surface area contributed by atoms with Gasteiger partial charge in [0.15, 0.2) is 11.6 Å². The minimum atomic E-state index is -0.489. The molecule has 1 nitrogen and oxygen atoms in total. The Hall–Kier alpha value is -1.32. The van der Waals surface area contributed by atoms with Crippen molar-refractivity contribution in [1.29, 1.82) is 0 Å². The SMILES string of the molecule is Fc1ccc(COc2ccc(CCl)cc2F)c(Cl)c1. The quantitative estimate of drug-likeness (QED) is 0.727. The van der Waals surface area contributed by atoms with Crippen LogP contribution in [0.25, 0.3) is 0 Å². The van der Waals surface area contributed by atoms with Gasteiger partial charge in [0.1, 0.15) is 12.4 Å². The standard InChI is InChI=1S/C14H10Cl2F2O/c15-7-9-1-4-14(13(18)5-9)19-8-10-2-3-11(17)6-12(10)16/h1-6H,7-8H2. The van der Waals surface area contributed by atoms with Gasteiger partial charge < -0.3 is 4.74 Å². The van der Waals surface area contributed by atoms with E-state index in [0.29, 0.717) is 11.1 Å². The highest BCUT2D eigenvalue weighted by Gasteiger charge is 2.07. The number of alkyl halides is 1. The van der Waals surface area contributed by atoms with Crippen LogP contribution in [0.3, 0.4) is 0 Å². The van der Waals surface area contributed by atoms with E-state index in [9.17, 15) is 8.78 Å². The third-order valence-corrected chi connectivity index (χ3v) is 3.21. The molecule has 0 aliphatic rings. The lowest BCUT2D eigenvalue weighted by molar-refractivity contribution is 0.290. The second-order valence-electron chi connectivity index (χ2n) is 3.92. The molecule has 2 rings (SSSR count). The first-order valence-electron chi connectivity index (χ1n) is 5.51. The molecule has 0 fully saturated rings. The van der Waals surface area contributed by atoms with Gasteiger partial charge in [0.2, 0.25) is 0 Å². The maximum Gasteiger partial charge on any atom is 0.165 e. The van der Waals surface area contributed by atoms with E-state index < -0.39 is 11.6 Å². The first-order valence-corrected chi connectivity index (χ1v) is 6.42. The van der Waals surface area contributed by atoms with E-state index in [4.69, 9.17) is 27.9 Å². The van der Waals surface area contributed by atoms with Crippen LogP contribution in [0.1, 0.15) is 11.1 Å². The number of rotatable bonds is 4. The molecule has 100 valence electrons. The Morgan fingerprint density at radius 3 is 2.47 bits per heavy atom. The van der Waals surface area contributed by atoms with Crippen molar-refractivity contribution in [3.8, 4) is 5.75 Å². The Morgan fingerprint density at radius 2 is 1.84 bits per heavy atom. The Balaban J connectivity index is 2.10. The molecule has 2 aromatic carbocycles. The Kier molecular flexibility index (Phi) is 4.61. The number of benzene rings is 2. The summed E-state index contributed by atoms with van der Waals surface area (Å²) in [5.74, 6) is -0.571. The van der Waals surface area contributed by atoms with Gasteiger partial charge in [-0.15, -0.1) is 11.6 Å². The summed E-state index contributed by atoms with van der Waals surface area (Å²) in [6, 6.07) is 8.46. The summed E-state index contributed by atoms with van der Waals surface area (Å²) in [7, 11) is 0. The molecule has 0 radical (unpaired) electrons. The normalized spacial score (nSPS) is 10.5. The smallest absolute Gasteiger partial charge is 0.165 e. The monoisotopic (exact) mass is 302 g/mol. The highest BCUT2D eigenvalue weighted by atomic mass is 35.5. The lowest BCUT2D eigenvalue weighted by atomic mass is 10.2. The number of hydrogen-bond acceptors (Lipinski definition) is 1. The van der Waals surface area contributed by atoms with Gasteiger partial charge in [-0.2, -0.15) is 0 Å². The minimum absolute atomic E-state index is 0.0657. The van der Waals surface area contributed by atoms with E-state index in [-0.39, 0.29) is 23.3 Å². The zero-order valence-electron chi connectivity index (χ0n) is 9.80. The van der Waals surface area contributed by atoms with Crippen LogP contribution in [-0.4, -0.2) is 0 Å². The molecule has 0 unspecified atom stereocenters. The fourth-order valence-electron chi connectivity index (χ4n) is 1.54. The summed E-state index contributed by atoms with van der Waals surface area (Å²) < 4.78 is 31.8. The lowest BCUT2D eigenvalue weighted by Crippen LogP contribution is -1.99. The van der Waals surface area contributed by atoms with Crippen molar-refractivity contribution < 1.29 is 13.5 Å². The molecule has 0 heterocycles. The molecule has 19 heavy (non-hydrogen) atoms. The van der Waals surface area contributed by atoms with Gasteiger partial charge in [-0.05, 0) is 29.8 Å². The predicted octanol–water partition coefficient (Wildman–Crippen LogP) is 4.94. The fourth-order valence-corrected chi connectivity index (χ4v) is 1.93. The van der Waals surface area contributed by atoms with Crippen molar-refractivity contribution in [3.63, 3.8) is 0 Å². The van der Waals surface area contributed by atoms with Gasteiger partial charge in [0.05, 0.1) is 5.02 Å². The van der Waals surface area contributed by atoms with Gasteiger partial charge in [0.25, 0.3) is 0 Å². The molecule has 0 saturated carbocycles. The van der Waals surface area contributed by atoms with Crippen LogP contribution in [0.5, 0.6) is 5.75 Å². The summed E-state index contributed by atoms with van der Waals surface area (Å²) in [5, 5.41) is 0.248. The van der Waals surface area contributed by atoms with Crippen molar-refractivity contribution in [1.82, 2.24) is 0 Å². The van der Waals surface area contributed by atoms with Crippen LogP contribution in [0.4, 0.5) is 8.78 Å². The molecule has 2 aromatic rings. The maximum absolute atomic E-state index is 13.6. The summed E-state index contributed by atoms with van der Waals surface area (Å²) >= 11 is 11.5. The molecule has 0 amide bonds. The van der Waals surface area contributed by atoms with Gasteiger partial charge in [-0.3, -0.25) is 0 Å². The lowest BCUT2D eigenvalue weighted by Gasteiger charge is -2.09. The van der Waals surface area contributed by atoms with Gasteiger partial charge in [-0.25, -0.2) is 8.78 Å². The number of ether oxygens (including phenoxy) is 1. The van der Waals surface area contributed by atoms with E-state index in [1.165, 1.54) is 30.3 Å². The number of halogens is 4. The van der Waals surface area contributed by atoms with Gasteiger partial charge in [-0.1, -0.05) is 23.7 Å². The molecular formula is C14H10Cl2F2O. The molecule has 0 atom stereocenters. The van der Waals surface area contributed by atoms with Crippen LogP contribution in [0.2, 0.25) is 5.02 Å². The highest BCUT2D eigenvalue weighted by Crippen LogP contribution is 2.23. The summed E-state index contributed by atoms with van der Waals surface area (Å²) in [6.07, 6.45) is 0. The van der Waals surface area contributed by atoms with Crippen LogP contribution < -0.4 is 4.74 Å². The van der Waals surface area contributed by atoms with E-state index in [2.05, 4.69) is 0 Å². The fraction of sp³-hybridized carbons (Fsp3) is 0.143. The van der Waals surface area contributed by atoms with E-state index in [0.717, 1.165) is 0 Å². The average Bonchev–Trinajstić information content (AvgIpc) is 2.39. The summed E-state index contributed by atoms with van der Waals surface area (Å²) in [6.45, 7) is 0.0657. The van der Waals surface area contributed by atoms with E-state index >= 15 is 0 Å². The Bertz CT molecular complexity index is 588. The largest absolute Gasteiger partial charge is 0.486 e. The van der Waals surface area contributed by atoms with Crippen molar-refractivity contribution in [3.05, 3.63) is 64.2 Å². The molecular weight excluding hydrogens is 293 g/mol. The summed E-state index contributed by atoms with van der Waals surface area (Å²) in [5.41, 5.74) is 1.26. The van der Waals surface area contributed by atoms with E-state index in [1.54, 1.807) is 6.07 Å². The van der Waals surface area contributed by atoms with Crippen LogP contribution in [0.15, 0.2) is 36.4 Å². The average molecular weight is 303 g/mol. The maximum atomic E-state index is 13.6. The van der Waals surface area contributed by atoms with Crippen LogP contribution >= 0.6 is 23.2 Å². The second kappa shape index (κ2) is 6.22. The van der Waals surface area contributed by atoms with Crippen molar-refractivity contribution >= 4 is 23.2 Å². The molecule has 0 bridgehead atoms. The van der Waals surface area contributed by atoms with Crippen molar-refractivity contribution in [2.75, 3.05) is 0 Å². The Labute approximate surface area is 119 Å². The first kappa shape index (κ1) is 14.1. The van der Waals surface area contributed by atoms with Crippen molar-refractivity contribution in [2.24, 2.45) is 0 Å². The third kappa shape index (κ3) is 3.58. The molecule has 0 aliphatic carbocycles. The predicted molar refractivity (Wildman–Crippen MR) is 71.7 cm³/mol. The van der Waals surface area contributed by atoms with Gasteiger partial charge >= 0.3 is 0 Å². The third-order valence-electron chi connectivity index (χ3n) is 2.55. The molecule has 0 saturated heterocycles. The molecule has 5 heteroatoms. The molecule has 0 aliphatic heterocycles. The highest BCUT2D eigenvalue weighted by molar-refractivity contribution is 6.31. The van der Waals surface area contributed by atoms with Crippen LogP contribution in [-0.2, 0) is 12.5 Å². The molecule has 0 spiro atoms. The molecule has 0 aromatic heterocycles. The zero-order valence-corrected chi connectivity index (χ0v) is 11.3. The zero-order chi connectivity index (χ0) is 13.8. The summed E-state index contributed by atoms with van der Waals surface area (Å²) in [4.78, 5) is 0. The van der Waals surface area contributed by atoms with E-state index in [1.807, 2.05) is 0 Å². The number of hydrogen-bond donors (Lipinski definition) is 0. The molecule has 0 N–H and O–H groups in total.